The molecule has 1 aromatic carbocycles. The summed E-state index contributed by atoms with van der Waals surface area (Å²) in [6.07, 6.45) is 2.70. The van der Waals surface area contributed by atoms with Crippen LogP contribution in [-0.2, 0) is 0 Å². The molecule has 0 spiro atoms. The van der Waals surface area contributed by atoms with Crippen molar-refractivity contribution >= 4 is 15.9 Å². The summed E-state index contributed by atoms with van der Waals surface area (Å²) in [4.78, 5) is 0.359. The monoisotopic (exact) mass is 284 g/mol. The zero-order valence-corrected chi connectivity index (χ0v) is 11.6. The van der Waals surface area contributed by atoms with Crippen molar-refractivity contribution in [1.29, 1.82) is 0 Å². The van der Waals surface area contributed by atoms with Gasteiger partial charge in [-0.2, -0.15) is 0 Å². The fraction of sp³-hybridized carbons (Fsp3) is 0.571. The number of halogens is 2. The number of hydrogen-bond acceptors (Lipinski definition) is 0. The van der Waals surface area contributed by atoms with E-state index in [1.807, 2.05) is 26.0 Å². The number of rotatable bonds is 3. The molecule has 88 valence electrons. The first-order chi connectivity index (χ1) is 7.50. The molecule has 0 aromatic heterocycles. The highest BCUT2D eigenvalue weighted by molar-refractivity contribution is 9.09. The molecular formula is C14H18BrF. The molecule has 0 heterocycles. The van der Waals surface area contributed by atoms with Gasteiger partial charge in [0, 0.05) is 4.83 Å². The average molecular weight is 285 g/mol. The van der Waals surface area contributed by atoms with Crippen molar-refractivity contribution in [3.63, 3.8) is 0 Å². The van der Waals surface area contributed by atoms with Crippen LogP contribution >= 0.6 is 15.9 Å². The standard InChI is InChI=1S/C14H18BrF/c1-8-6-12(7-9(2)14(8)16)13(15)10(3)11-4-5-11/h6-7,10-11,13H,4-5H2,1-3H3. The number of hydrogen-bond donors (Lipinski definition) is 0. The highest BCUT2D eigenvalue weighted by Crippen LogP contribution is 2.46. The van der Waals surface area contributed by atoms with Gasteiger partial charge in [0.2, 0.25) is 0 Å². The largest absolute Gasteiger partial charge is 0.206 e. The molecule has 1 saturated carbocycles. The summed E-state index contributed by atoms with van der Waals surface area (Å²) >= 11 is 3.76. The fourth-order valence-corrected chi connectivity index (χ4v) is 3.00. The lowest BCUT2D eigenvalue weighted by atomic mass is 9.94. The van der Waals surface area contributed by atoms with Crippen LogP contribution in [0.4, 0.5) is 4.39 Å². The molecule has 2 unspecified atom stereocenters. The van der Waals surface area contributed by atoms with E-state index in [0.717, 1.165) is 17.0 Å². The maximum absolute atomic E-state index is 13.5. The van der Waals surface area contributed by atoms with Gasteiger partial charge in [0.05, 0.1) is 0 Å². The Bertz CT molecular complexity index is 373. The Morgan fingerprint density at radius 2 is 1.75 bits per heavy atom. The van der Waals surface area contributed by atoms with Crippen molar-refractivity contribution in [1.82, 2.24) is 0 Å². The lowest BCUT2D eigenvalue weighted by Gasteiger charge is -2.19. The van der Waals surface area contributed by atoms with Crippen LogP contribution in [0, 0.1) is 31.5 Å². The smallest absolute Gasteiger partial charge is 0.129 e. The van der Waals surface area contributed by atoms with Crippen LogP contribution in [0.3, 0.4) is 0 Å². The van der Waals surface area contributed by atoms with E-state index in [-0.39, 0.29) is 5.82 Å². The van der Waals surface area contributed by atoms with E-state index < -0.39 is 0 Å². The van der Waals surface area contributed by atoms with Gasteiger partial charge < -0.3 is 0 Å². The molecule has 2 heteroatoms. The van der Waals surface area contributed by atoms with Gasteiger partial charge in [-0.1, -0.05) is 35.0 Å². The summed E-state index contributed by atoms with van der Waals surface area (Å²) in [5, 5.41) is 0. The predicted molar refractivity (Wildman–Crippen MR) is 69.4 cm³/mol. The molecule has 0 saturated heterocycles. The van der Waals surface area contributed by atoms with Gasteiger partial charge in [0.1, 0.15) is 5.82 Å². The van der Waals surface area contributed by atoms with E-state index in [1.54, 1.807) is 0 Å². The van der Waals surface area contributed by atoms with Crippen LogP contribution in [0.25, 0.3) is 0 Å². The second-order valence-electron chi connectivity index (χ2n) is 5.07. The highest BCUT2D eigenvalue weighted by atomic mass is 79.9. The Labute approximate surface area is 105 Å². The molecule has 0 radical (unpaired) electrons. The zero-order chi connectivity index (χ0) is 11.9. The van der Waals surface area contributed by atoms with Crippen LogP contribution in [0.5, 0.6) is 0 Å². The van der Waals surface area contributed by atoms with Crippen molar-refractivity contribution < 1.29 is 4.39 Å². The SMILES string of the molecule is Cc1cc(C(Br)C(C)C2CC2)cc(C)c1F. The number of alkyl halides is 1. The summed E-state index contributed by atoms with van der Waals surface area (Å²) in [5.41, 5.74) is 2.72. The molecule has 1 aliphatic carbocycles. The summed E-state index contributed by atoms with van der Waals surface area (Å²) in [6.45, 7) is 5.96. The molecule has 1 aliphatic rings. The summed E-state index contributed by atoms with van der Waals surface area (Å²) in [7, 11) is 0. The summed E-state index contributed by atoms with van der Waals surface area (Å²) in [5.74, 6) is 1.43. The third-order valence-corrected chi connectivity index (χ3v) is 4.97. The first-order valence-corrected chi connectivity index (χ1v) is 6.83. The second-order valence-corrected chi connectivity index (χ2v) is 6.05. The van der Waals surface area contributed by atoms with Crippen LogP contribution in [-0.4, -0.2) is 0 Å². The zero-order valence-electron chi connectivity index (χ0n) is 10.1. The molecular weight excluding hydrogens is 267 g/mol. The third kappa shape index (κ3) is 2.32. The van der Waals surface area contributed by atoms with E-state index in [4.69, 9.17) is 0 Å². The van der Waals surface area contributed by atoms with Crippen LogP contribution in [0.15, 0.2) is 12.1 Å². The summed E-state index contributed by atoms with van der Waals surface area (Å²) < 4.78 is 13.5. The third-order valence-electron chi connectivity index (χ3n) is 3.60. The van der Waals surface area contributed by atoms with Gasteiger partial charge in [-0.15, -0.1) is 0 Å². The Kier molecular flexibility index (Phi) is 3.39. The van der Waals surface area contributed by atoms with Crippen molar-refractivity contribution in [2.45, 2.75) is 38.4 Å². The molecule has 0 bridgehead atoms. The van der Waals surface area contributed by atoms with E-state index in [0.29, 0.717) is 10.7 Å². The van der Waals surface area contributed by atoms with Crippen molar-refractivity contribution in [2.24, 2.45) is 11.8 Å². The molecule has 1 aromatic rings. The van der Waals surface area contributed by atoms with E-state index in [9.17, 15) is 4.39 Å². The van der Waals surface area contributed by atoms with Crippen molar-refractivity contribution in [2.75, 3.05) is 0 Å². The predicted octanol–water partition coefficient (Wildman–Crippen LogP) is 4.92. The van der Waals surface area contributed by atoms with Crippen molar-refractivity contribution in [3.8, 4) is 0 Å². The molecule has 0 aliphatic heterocycles. The minimum Gasteiger partial charge on any atom is -0.206 e. The second kappa shape index (κ2) is 4.48. The average Bonchev–Trinajstić information content (AvgIpc) is 3.06. The normalized spacial score (nSPS) is 19.6. The first-order valence-electron chi connectivity index (χ1n) is 5.91. The van der Waals surface area contributed by atoms with E-state index in [1.165, 1.54) is 18.4 Å². The van der Waals surface area contributed by atoms with Crippen LogP contribution in [0.1, 0.15) is 41.3 Å². The van der Waals surface area contributed by atoms with E-state index in [2.05, 4.69) is 22.9 Å². The van der Waals surface area contributed by atoms with Gasteiger partial charge in [0.15, 0.2) is 0 Å². The van der Waals surface area contributed by atoms with Crippen LogP contribution in [0.2, 0.25) is 0 Å². The molecule has 16 heavy (non-hydrogen) atoms. The van der Waals surface area contributed by atoms with Crippen molar-refractivity contribution in [3.05, 3.63) is 34.6 Å². The Balaban J connectivity index is 2.25. The fourth-order valence-electron chi connectivity index (χ4n) is 2.30. The number of benzene rings is 1. The lowest BCUT2D eigenvalue weighted by Crippen LogP contribution is -2.07. The minimum atomic E-state index is -0.0671. The molecule has 2 atom stereocenters. The highest BCUT2D eigenvalue weighted by Gasteiger charge is 2.33. The topological polar surface area (TPSA) is 0 Å². The van der Waals surface area contributed by atoms with E-state index >= 15 is 0 Å². The Morgan fingerprint density at radius 3 is 2.19 bits per heavy atom. The molecule has 0 nitrogen and oxygen atoms in total. The summed E-state index contributed by atoms with van der Waals surface area (Å²) in [6, 6.07) is 3.95. The van der Waals surface area contributed by atoms with Gasteiger partial charge >= 0.3 is 0 Å². The maximum Gasteiger partial charge on any atom is 0.129 e. The Hall–Kier alpha value is -0.370. The maximum atomic E-state index is 13.5. The minimum absolute atomic E-state index is 0.0671. The quantitative estimate of drug-likeness (QED) is 0.691. The lowest BCUT2D eigenvalue weighted by molar-refractivity contribution is 0.501. The Morgan fingerprint density at radius 1 is 1.25 bits per heavy atom. The molecule has 0 amide bonds. The number of aryl methyl sites for hydroxylation is 2. The first kappa shape index (κ1) is 12.1. The van der Waals surface area contributed by atoms with Gasteiger partial charge in [-0.05, 0) is 55.2 Å². The van der Waals surface area contributed by atoms with Crippen LogP contribution < -0.4 is 0 Å². The molecule has 1 fully saturated rings. The van der Waals surface area contributed by atoms with Gasteiger partial charge in [0.25, 0.3) is 0 Å². The molecule has 0 N–H and O–H groups in total. The molecule has 2 rings (SSSR count). The van der Waals surface area contributed by atoms with Gasteiger partial charge in [-0.25, -0.2) is 4.39 Å². The van der Waals surface area contributed by atoms with Gasteiger partial charge in [-0.3, -0.25) is 0 Å².